The van der Waals surface area contributed by atoms with Crippen LogP contribution in [-0.4, -0.2) is 68.5 Å². The maximum atomic E-state index is 13.2. The summed E-state index contributed by atoms with van der Waals surface area (Å²) < 4.78 is 64.8. The standard InChI is InChI=1S/C20H28F3N3O3S/c21-20(22,23)15-24-19(27)16-7-5-9-18(13-16)30(28,29)26-12-6-8-17(14-26)25-10-3-1-2-4-11-25/h5,7,9,13,17H,1-4,6,8,10-12,14-15H2,(H,24,27). The minimum absolute atomic E-state index is 0.0707. The topological polar surface area (TPSA) is 69.7 Å². The number of alkyl halides is 3. The van der Waals surface area contributed by atoms with Crippen LogP contribution in [0.2, 0.25) is 0 Å². The van der Waals surface area contributed by atoms with Gasteiger partial charge in [0.2, 0.25) is 10.0 Å². The van der Waals surface area contributed by atoms with E-state index < -0.39 is 28.7 Å². The second-order valence-electron chi connectivity index (χ2n) is 7.93. The summed E-state index contributed by atoms with van der Waals surface area (Å²) in [6, 6.07) is 5.39. The summed E-state index contributed by atoms with van der Waals surface area (Å²) in [5.41, 5.74) is -0.110. The van der Waals surface area contributed by atoms with Gasteiger partial charge in [-0.2, -0.15) is 17.5 Å². The first-order valence-electron chi connectivity index (χ1n) is 10.4. The van der Waals surface area contributed by atoms with Gasteiger partial charge in [-0.15, -0.1) is 0 Å². The second-order valence-corrected chi connectivity index (χ2v) is 9.87. The third-order valence-electron chi connectivity index (χ3n) is 5.70. The Hall–Kier alpha value is -1.65. The fraction of sp³-hybridized carbons (Fsp3) is 0.650. The van der Waals surface area contributed by atoms with Gasteiger partial charge in [0.15, 0.2) is 0 Å². The molecule has 0 saturated carbocycles. The SMILES string of the molecule is O=C(NCC(F)(F)F)c1cccc(S(=O)(=O)N2CCCC(N3CCCCCC3)C2)c1. The molecule has 3 rings (SSSR count). The Morgan fingerprint density at radius 2 is 1.77 bits per heavy atom. The van der Waals surface area contributed by atoms with Gasteiger partial charge in [-0.25, -0.2) is 8.42 Å². The van der Waals surface area contributed by atoms with Crippen LogP contribution in [0.4, 0.5) is 13.2 Å². The van der Waals surface area contributed by atoms with Gasteiger partial charge in [0, 0.05) is 24.7 Å². The summed E-state index contributed by atoms with van der Waals surface area (Å²) in [5.74, 6) is -0.953. The van der Waals surface area contributed by atoms with Gasteiger partial charge in [0.05, 0.1) is 4.90 Å². The second kappa shape index (κ2) is 9.65. The van der Waals surface area contributed by atoms with E-state index in [4.69, 9.17) is 0 Å². The van der Waals surface area contributed by atoms with E-state index >= 15 is 0 Å². The zero-order chi connectivity index (χ0) is 21.8. The van der Waals surface area contributed by atoms with Crippen molar-refractivity contribution in [3.05, 3.63) is 29.8 Å². The van der Waals surface area contributed by atoms with E-state index in [9.17, 15) is 26.4 Å². The predicted octanol–water partition coefficient (Wildman–Crippen LogP) is 3.01. The van der Waals surface area contributed by atoms with Gasteiger partial charge in [-0.1, -0.05) is 18.9 Å². The Balaban J connectivity index is 1.72. The fourth-order valence-corrected chi connectivity index (χ4v) is 5.69. The molecule has 1 aromatic carbocycles. The number of piperidine rings is 1. The minimum Gasteiger partial charge on any atom is -0.343 e. The molecule has 30 heavy (non-hydrogen) atoms. The average Bonchev–Trinajstić information content (AvgIpc) is 3.01. The maximum Gasteiger partial charge on any atom is 0.405 e. The molecule has 1 N–H and O–H groups in total. The normalized spacial score (nSPS) is 22.4. The zero-order valence-corrected chi connectivity index (χ0v) is 17.6. The first kappa shape index (κ1) is 23.0. The molecule has 0 radical (unpaired) electrons. The minimum atomic E-state index is -4.53. The van der Waals surface area contributed by atoms with Crippen molar-refractivity contribution in [1.82, 2.24) is 14.5 Å². The van der Waals surface area contributed by atoms with E-state index in [1.165, 1.54) is 35.3 Å². The van der Waals surface area contributed by atoms with Gasteiger partial charge in [0.25, 0.3) is 5.91 Å². The van der Waals surface area contributed by atoms with Crippen LogP contribution in [-0.2, 0) is 10.0 Å². The van der Waals surface area contributed by atoms with Crippen LogP contribution in [0, 0.1) is 0 Å². The number of nitrogens with zero attached hydrogens (tertiary/aromatic N) is 2. The van der Waals surface area contributed by atoms with Crippen LogP contribution >= 0.6 is 0 Å². The van der Waals surface area contributed by atoms with Crippen LogP contribution in [0.3, 0.4) is 0 Å². The van der Waals surface area contributed by atoms with Crippen LogP contribution < -0.4 is 5.32 Å². The summed E-state index contributed by atoms with van der Waals surface area (Å²) in [7, 11) is -3.84. The molecule has 1 unspecified atom stereocenters. The van der Waals surface area contributed by atoms with Gasteiger partial charge in [-0.3, -0.25) is 9.69 Å². The number of hydrogen-bond acceptors (Lipinski definition) is 4. The number of carbonyl (C=O) groups excluding carboxylic acids is 1. The molecule has 1 amide bonds. The summed E-state index contributed by atoms with van der Waals surface area (Å²) in [4.78, 5) is 14.3. The van der Waals surface area contributed by atoms with Crippen LogP contribution in [0.1, 0.15) is 48.9 Å². The van der Waals surface area contributed by atoms with Gasteiger partial charge in [0.1, 0.15) is 6.54 Å². The molecule has 6 nitrogen and oxygen atoms in total. The quantitative estimate of drug-likeness (QED) is 0.754. The highest BCUT2D eigenvalue weighted by molar-refractivity contribution is 7.89. The molecular formula is C20H28F3N3O3S. The van der Waals surface area contributed by atoms with E-state index in [1.807, 2.05) is 0 Å². The molecular weight excluding hydrogens is 419 g/mol. The number of amides is 1. The Labute approximate surface area is 175 Å². The summed E-state index contributed by atoms with van der Waals surface area (Å²) in [6.45, 7) is 1.29. The number of likely N-dealkylation sites (tertiary alicyclic amines) is 1. The van der Waals surface area contributed by atoms with Crippen LogP contribution in [0.5, 0.6) is 0 Å². The number of hydrogen-bond donors (Lipinski definition) is 1. The lowest BCUT2D eigenvalue weighted by atomic mass is 10.1. The van der Waals surface area contributed by atoms with Crippen molar-refractivity contribution in [2.75, 3.05) is 32.7 Å². The molecule has 0 aliphatic carbocycles. The van der Waals surface area contributed by atoms with Crippen LogP contribution in [0.15, 0.2) is 29.2 Å². The monoisotopic (exact) mass is 447 g/mol. The Morgan fingerprint density at radius 3 is 2.43 bits per heavy atom. The lowest BCUT2D eigenvalue weighted by Crippen LogP contribution is -2.50. The summed E-state index contributed by atoms with van der Waals surface area (Å²) in [5, 5.41) is 1.77. The van der Waals surface area contributed by atoms with Gasteiger partial charge >= 0.3 is 6.18 Å². The number of nitrogens with one attached hydrogen (secondary N) is 1. The van der Waals surface area contributed by atoms with Crippen molar-refractivity contribution in [2.45, 2.75) is 55.6 Å². The Morgan fingerprint density at radius 1 is 1.07 bits per heavy atom. The van der Waals surface area contributed by atoms with Crippen molar-refractivity contribution in [3.63, 3.8) is 0 Å². The van der Waals surface area contributed by atoms with Gasteiger partial charge in [-0.05, 0) is 57.0 Å². The Kier molecular flexibility index (Phi) is 7.41. The molecule has 1 aromatic rings. The lowest BCUT2D eigenvalue weighted by Gasteiger charge is -2.38. The number of benzene rings is 1. The molecule has 2 fully saturated rings. The number of sulfonamides is 1. The molecule has 168 valence electrons. The van der Waals surface area contributed by atoms with Crippen molar-refractivity contribution in [1.29, 1.82) is 0 Å². The third-order valence-corrected chi connectivity index (χ3v) is 7.56. The van der Waals surface area contributed by atoms with E-state index in [0.29, 0.717) is 13.1 Å². The molecule has 1 atom stereocenters. The van der Waals surface area contributed by atoms with Crippen molar-refractivity contribution >= 4 is 15.9 Å². The Bertz CT molecular complexity index is 837. The fourth-order valence-electron chi connectivity index (χ4n) is 4.13. The molecule has 2 saturated heterocycles. The smallest absolute Gasteiger partial charge is 0.343 e. The highest BCUT2D eigenvalue weighted by Crippen LogP contribution is 2.25. The molecule has 0 spiro atoms. The van der Waals surface area contributed by atoms with E-state index in [0.717, 1.165) is 44.8 Å². The van der Waals surface area contributed by atoms with Crippen molar-refractivity contribution < 1.29 is 26.4 Å². The highest BCUT2D eigenvalue weighted by atomic mass is 32.2. The molecule has 0 bridgehead atoms. The van der Waals surface area contributed by atoms with Gasteiger partial charge < -0.3 is 5.32 Å². The first-order valence-corrected chi connectivity index (χ1v) is 11.8. The number of carbonyl (C=O) groups is 1. The summed E-state index contributed by atoms with van der Waals surface area (Å²) in [6.07, 6.45) is 1.83. The predicted molar refractivity (Wildman–Crippen MR) is 107 cm³/mol. The first-order chi connectivity index (χ1) is 14.2. The summed E-state index contributed by atoms with van der Waals surface area (Å²) >= 11 is 0. The molecule has 2 heterocycles. The number of rotatable bonds is 5. The molecule has 0 aromatic heterocycles. The average molecular weight is 448 g/mol. The van der Waals surface area contributed by atoms with Crippen molar-refractivity contribution in [2.24, 2.45) is 0 Å². The molecule has 2 aliphatic rings. The molecule has 10 heteroatoms. The van der Waals surface area contributed by atoms with Crippen LogP contribution in [0.25, 0.3) is 0 Å². The van der Waals surface area contributed by atoms with Crippen molar-refractivity contribution in [3.8, 4) is 0 Å². The highest BCUT2D eigenvalue weighted by Gasteiger charge is 2.33. The third kappa shape index (κ3) is 5.95. The number of halogens is 3. The lowest BCUT2D eigenvalue weighted by molar-refractivity contribution is -0.123. The maximum absolute atomic E-state index is 13.2. The largest absolute Gasteiger partial charge is 0.405 e. The van der Waals surface area contributed by atoms with E-state index in [2.05, 4.69) is 4.90 Å². The van der Waals surface area contributed by atoms with E-state index in [-0.39, 0.29) is 16.5 Å². The molecule has 2 aliphatic heterocycles. The van der Waals surface area contributed by atoms with E-state index in [1.54, 1.807) is 5.32 Å². The zero-order valence-electron chi connectivity index (χ0n) is 16.8.